The van der Waals surface area contributed by atoms with Gasteiger partial charge in [-0.25, -0.2) is 4.98 Å². The van der Waals surface area contributed by atoms with Crippen LogP contribution in [0, 0.1) is 0 Å². The number of imidazole rings is 1. The fourth-order valence-corrected chi connectivity index (χ4v) is 3.57. The number of carboxylic acids is 1. The minimum absolute atomic E-state index is 0.0718. The van der Waals surface area contributed by atoms with E-state index in [4.69, 9.17) is 5.11 Å². The van der Waals surface area contributed by atoms with E-state index in [-0.39, 0.29) is 5.75 Å². The Morgan fingerprint density at radius 3 is 3.00 bits per heavy atom. The summed E-state index contributed by atoms with van der Waals surface area (Å²) < 4.78 is 2.21. The third-order valence-electron chi connectivity index (χ3n) is 3.89. The monoisotopic (exact) mass is 297 g/mol. The Morgan fingerprint density at radius 1 is 1.55 bits per heavy atom. The number of aryl methyl sites for hydroxylation is 1. The first kappa shape index (κ1) is 15.4. The normalized spacial score (nSPS) is 19.6. The lowest BCUT2D eigenvalue weighted by Gasteiger charge is -2.24. The molecule has 6 heteroatoms. The molecule has 0 radical (unpaired) electrons. The van der Waals surface area contributed by atoms with E-state index in [2.05, 4.69) is 28.3 Å². The highest BCUT2D eigenvalue weighted by Crippen LogP contribution is 2.24. The van der Waals surface area contributed by atoms with Crippen LogP contribution in [-0.4, -0.2) is 50.4 Å². The second kappa shape index (κ2) is 7.13. The smallest absolute Gasteiger partial charge is 0.313 e. The highest BCUT2D eigenvalue weighted by molar-refractivity contribution is 7.99. The molecule has 0 spiro atoms. The van der Waals surface area contributed by atoms with Crippen LogP contribution in [0.3, 0.4) is 0 Å². The lowest BCUT2D eigenvalue weighted by molar-refractivity contribution is -0.133. The fourth-order valence-electron chi connectivity index (χ4n) is 2.84. The van der Waals surface area contributed by atoms with Crippen molar-refractivity contribution in [1.82, 2.24) is 14.5 Å². The van der Waals surface area contributed by atoms with Gasteiger partial charge in [0.25, 0.3) is 0 Å². The van der Waals surface area contributed by atoms with Crippen LogP contribution in [0.25, 0.3) is 0 Å². The van der Waals surface area contributed by atoms with Crippen LogP contribution in [0.15, 0.2) is 11.4 Å². The maximum atomic E-state index is 10.7. The largest absolute Gasteiger partial charge is 0.481 e. The first-order chi connectivity index (χ1) is 9.65. The highest BCUT2D eigenvalue weighted by atomic mass is 32.2. The van der Waals surface area contributed by atoms with Gasteiger partial charge < -0.3 is 9.67 Å². The van der Waals surface area contributed by atoms with Crippen LogP contribution in [0.5, 0.6) is 0 Å². The average molecular weight is 297 g/mol. The van der Waals surface area contributed by atoms with Crippen molar-refractivity contribution >= 4 is 17.7 Å². The molecule has 0 bridgehead atoms. The van der Waals surface area contributed by atoms with Gasteiger partial charge in [-0.1, -0.05) is 25.6 Å². The van der Waals surface area contributed by atoms with Gasteiger partial charge in [0, 0.05) is 24.5 Å². The molecule has 1 aromatic heterocycles. The number of rotatable bonds is 7. The summed E-state index contributed by atoms with van der Waals surface area (Å²) in [5.74, 6) is -0.721. The molecule has 1 unspecified atom stereocenters. The lowest BCUT2D eigenvalue weighted by Crippen LogP contribution is -2.33. The van der Waals surface area contributed by atoms with Gasteiger partial charge >= 0.3 is 5.97 Å². The summed E-state index contributed by atoms with van der Waals surface area (Å²) in [5, 5.41) is 9.67. The van der Waals surface area contributed by atoms with Gasteiger partial charge in [-0.2, -0.15) is 0 Å². The van der Waals surface area contributed by atoms with Crippen molar-refractivity contribution in [2.45, 2.75) is 50.9 Å². The number of carboxylic acid groups (broad SMARTS) is 1. The Hall–Kier alpha value is -1.01. The topological polar surface area (TPSA) is 58.4 Å². The Balaban J connectivity index is 2.11. The number of carbonyl (C=O) groups is 1. The molecule has 0 aromatic carbocycles. The molecule has 2 heterocycles. The van der Waals surface area contributed by atoms with Gasteiger partial charge in [-0.3, -0.25) is 9.69 Å². The Kier molecular flexibility index (Phi) is 5.48. The molecule has 1 aliphatic rings. The molecular weight excluding hydrogens is 274 g/mol. The molecule has 1 saturated heterocycles. The number of hydrogen-bond donors (Lipinski definition) is 1. The fraction of sp³-hybridized carbons (Fsp3) is 0.714. The second-order valence-electron chi connectivity index (χ2n) is 5.10. The zero-order valence-corrected chi connectivity index (χ0v) is 13.0. The number of likely N-dealkylation sites (tertiary alicyclic amines) is 1. The molecule has 1 fully saturated rings. The van der Waals surface area contributed by atoms with Gasteiger partial charge in [-0.15, -0.1) is 0 Å². The van der Waals surface area contributed by atoms with Gasteiger partial charge in [0.05, 0.1) is 5.75 Å². The lowest BCUT2D eigenvalue weighted by atomic mass is 10.2. The number of aromatic nitrogens is 2. The molecule has 1 aliphatic heterocycles. The van der Waals surface area contributed by atoms with Crippen molar-refractivity contribution in [3.8, 4) is 0 Å². The van der Waals surface area contributed by atoms with Gasteiger partial charge in [0.15, 0.2) is 5.16 Å². The molecule has 1 N–H and O–H groups in total. The van der Waals surface area contributed by atoms with Crippen molar-refractivity contribution < 1.29 is 9.90 Å². The summed E-state index contributed by atoms with van der Waals surface area (Å²) in [7, 11) is 0. The third-order valence-corrected chi connectivity index (χ3v) is 4.86. The minimum Gasteiger partial charge on any atom is -0.481 e. The average Bonchev–Trinajstić information content (AvgIpc) is 3.03. The van der Waals surface area contributed by atoms with E-state index in [9.17, 15) is 4.79 Å². The van der Waals surface area contributed by atoms with E-state index < -0.39 is 5.97 Å². The zero-order chi connectivity index (χ0) is 14.5. The standard InChI is InChI=1S/C14H23N3O2S/c1-3-11-8-15-14(20-10-13(18)19)17(11)9-12-6-5-7-16(12)4-2/h8,12H,3-7,9-10H2,1-2H3,(H,18,19). The third kappa shape index (κ3) is 3.55. The minimum atomic E-state index is -0.793. The quantitative estimate of drug-likeness (QED) is 0.781. The predicted molar refractivity (Wildman–Crippen MR) is 80.2 cm³/mol. The maximum absolute atomic E-state index is 10.7. The van der Waals surface area contributed by atoms with E-state index >= 15 is 0 Å². The number of hydrogen-bond acceptors (Lipinski definition) is 4. The van der Waals surface area contributed by atoms with Crippen LogP contribution in [0.1, 0.15) is 32.4 Å². The Bertz CT molecular complexity index is 461. The molecule has 112 valence electrons. The first-order valence-electron chi connectivity index (χ1n) is 7.28. The van der Waals surface area contributed by atoms with Gasteiger partial charge in [0.2, 0.25) is 0 Å². The number of aliphatic carboxylic acids is 1. The van der Waals surface area contributed by atoms with Crippen LogP contribution in [-0.2, 0) is 17.8 Å². The molecule has 0 aliphatic carbocycles. The predicted octanol–water partition coefficient (Wildman–Crippen LogP) is 2.11. The summed E-state index contributed by atoms with van der Waals surface area (Å²) in [6.07, 6.45) is 5.29. The SMILES string of the molecule is CCc1cnc(SCC(=O)O)n1CC1CCCN1CC. The van der Waals surface area contributed by atoms with Crippen molar-refractivity contribution in [2.75, 3.05) is 18.8 Å². The Morgan fingerprint density at radius 2 is 2.35 bits per heavy atom. The molecule has 0 saturated carbocycles. The van der Waals surface area contributed by atoms with Crippen molar-refractivity contribution in [3.05, 3.63) is 11.9 Å². The van der Waals surface area contributed by atoms with Crippen molar-refractivity contribution in [2.24, 2.45) is 0 Å². The van der Waals surface area contributed by atoms with Crippen molar-refractivity contribution in [3.63, 3.8) is 0 Å². The molecule has 20 heavy (non-hydrogen) atoms. The van der Waals surface area contributed by atoms with Gasteiger partial charge in [-0.05, 0) is 32.4 Å². The van der Waals surface area contributed by atoms with Gasteiger partial charge in [0.1, 0.15) is 0 Å². The number of likely N-dealkylation sites (N-methyl/N-ethyl adjacent to an activating group) is 1. The van der Waals surface area contributed by atoms with Crippen LogP contribution in [0.2, 0.25) is 0 Å². The molecule has 1 aromatic rings. The molecule has 2 rings (SSSR count). The van der Waals surface area contributed by atoms with Crippen LogP contribution < -0.4 is 0 Å². The highest BCUT2D eigenvalue weighted by Gasteiger charge is 2.25. The number of thioether (sulfide) groups is 1. The summed E-state index contributed by atoms with van der Waals surface area (Å²) >= 11 is 1.32. The second-order valence-corrected chi connectivity index (χ2v) is 6.05. The van der Waals surface area contributed by atoms with Crippen molar-refractivity contribution in [1.29, 1.82) is 0 Å². The summed E-state index contributed by atoms with van der Waals surface area (Å²) in [6.45, 7) is 7.50. The van der Waals surface area contributed by atoms with Crippen LogP contribution in [0.4, 0.5) is 0 Å². The molecular formula is C14H23N3O2S. The van der Waals surface area contributed by atoms with E-state index in [1.807, 2.05) is 6.20 Å². The van der Waals surface area contributed by atoms with Crippen LogP contribution >= 0.6 is 11.8 Å². The first-order valence-corrected chi connectivity index (χ1v) is 8.27. The summed E-state index contributed by atoms with van der Waals surface area (Å²) in [4.78, 5) is 17.6. The zero-order valence-electron chi connectivity index (χ0n) is 12.2. The van der Waals surface area contributed by atoms with E-state index in [1.54, 1.807) is 0 Å². The Labute approximate surface area is 124 Å². The molecule has 0 amide bonds. The summed E-state index contributed by atoms with van der Waals surface area (Å²) in [6, 6.07) is 0.559. The van der Waals surface area contributed by atoms with E-state index in [0.29, 0.717) is 6.04 Å². The molecule has 5 nitrogen and oxygen atoms in total. The molecule has 1 atom stereocenters. The maximum Gasteiger partial charge on any atom is 0.313 e. The summed E-state index contributed by atoms with van der Waals surface area (Å²) in [5.41, 5.74) is 1.20. The number of nitrogens with zero attached hydrogens (tertiary/aromatic N) is 3. The van der Waals surface area contributed by atoms with E-state index in [0.717, 1.165) is 24.7 Å². The van der Waals surface area contributed by atoms with E-state index in [1.165, 1.54) is 36.8 Å².